The highest BCUT2D eigenvalue weighted by Gasteiger charge is 2.57. The number of nitrogens with zero attached hydrogens (tertiary/aromatic N) is 1. The normalized spacial score (nSPS) is 20.7. The molecule has 0 aromatic heterocycles. The van der Waals surface area contributed by atoms with E-state index in [-0.39, 0.29) is 39.3 Å². The molecule has 0 amide bonds. The number of hydrogen-bond donors (Lipinski definition) is 3. The van der Waals surface area contributed by atoms with Gasteiger partial charge in [-0.3, -0.25) is 4.90 Å². The van der Waals surface area contributed by atoms with E-state index in [1.54, 1.807) is 0 Å². The van der Waals surface area contributed by atoms with Crippen LogP contribution in [0.5, 0.6) is 0 Å². The Morgan fingerprint density at radius 2 is 0.887 bits per heavy atom. The maximum absolute atomic E-state index is 12.2. The van der Waals surface area contributed by atoms with Crippen molar-refractivity contribution in [3.63, 3.8) is 0 Å². The Morgan fingerprint density at radius 3 is 1.34 bits per heavy atom. The van der Waals surface area contributed by atoms with Gasteiger partial charge in [-0.05, 0) is 34.2 Å². The fraction of sp³-hybridized carbons (Fsp3) is 0.333. The monoisotopic (exact) mass is 717 g/mol. The van der Waals surface area contributed by atoms with Crippen molar-refractivity contribution in [2.75, 3.05) is 13.2 Å². The molecule has 1 heterocycles. The Labute approximate surface area is 313 Å². The first-order valence-corrected chi connectivity index (χ1v) is 18.5. The zero-order chi connectivity index (χ0) is 36.7. The van der Waals surface area contributed by atoms with Crippen LogP contribution in [-0.2, 0) is 51.9 Å². The Kier molecular flexibility index (Phi) is 14.3. The molecule has 0 saturated carbocycles. The minimum absolute atomic E-state index is 0.0802. The highest BCUT2D eigenvalue weighted by Crippen LogP contribution is 2.39. The number of aliphatic hydroxyl groups excluding tert-OH is 1. The molecule has 8 heteroatoms. The van der Waals surface area contributed by atoms with Crippen LogP contribution in [0, 0.1) is 0 Å². The minimum atomic E-state index is -2.28. The van der Waals surface area contributed by atoms with E-state index >= 15 is 0 Å². The summed E-state index contributed by atoms with van der Waals surface area (Å²) in [5.41, 5.74) is 4.92. The van der Waals surface area contributed by atoms with Crippen molar-refractivity contribution < 1.29 is 34.3 Å². The Hall–Kier alpha value is -4.22. The van der Waals surface area contributed by atoms with Gasteiger partial charge in [0.05, 0.1) is 45.1 Å². The summed E-state index contributed by atoms with van der Waals surface area (Å²) in [5, 5.41) is 34.3. The molecule has 53 heavy (non-hydrogen) atoms. The Balaban J connectivity index is 1.45. The molecule has 6 rings (SSSR count). The number of rotatable bonds is 19. The van der Waals surface area contributed by atoms with E-state index in [9.17, 15) is 15.3 Å². The van der Waals surface area contributed by atoms with Gasteiger partial charge in [0.25, 0.3) is 0 Å². The Bertz CT molecular complexity index is 1730. The molecule has 5 atom stereocenters. The van der Waals surface area contributed by atoms with Gasteiger partial charge < -0.3 is 34.3 Å². The van der Waals surface area contributed by atoms with E-state index < -0.39 is 36.2 Å². The van der Waals surface area contributed by atoms with Gasteiger partial charge in [0.1, 0.15) is 18.3 Å². The van der Waals surface area contributed by atoms with Crippen molar-refractivity contribution in [3.05, 3.63) is 179 Å². The van der Waals surface area contributed by atoms with Gasteiger partial charge in [-0.25, -0.2) is 0 Å². The maximum Gasteiger partial charge on any atom is 0.181 e. The first kappa shape index (κ1) is 38.5. The number of hydrogen-bond acceptors (Lipinski definition) is 8. The first-order chi connectivity index (χ1) is 26.0. The van der Waals surface area contributed by atoms with E-state index in [1.165, 1.54) is 0 Å². The van der Waals surface area contributed by atoms with E-state index in [0.717, 1.165) is 27.8 Å². The highest BCUT2D eigenvalue weighted by atomic mass is 16.6. The molecular weight excluding hydrogens is 666 g/mol. The number of likely N-dealkylation sites (tertiary alicyclic amines) is 1. The van der Waals surface area contributed by atoms with Crippen LogP contribution in [0.15, 0.2) is 152 Å². The van der Waals surface area contributed by atoms with Crippen molar-refractivity contribution in [1.29, 1.82) is 0 Å². The maximum atomic E-state index is 12.2. The van der Waals surface area contributed by atoms with Crippen molar-refractivity contribution >= 4 is 0 Å². The van der Waals surface area contributed by atoms with Gasteiger partial charge in [-0.15, -0.1) is 0 Å². The predicted octanol–water partition coefficient (Wildman–Crippen LogP) is 6.67. The van der Waals surface area contributed by atoms with E-state index in [2.05, 4.69) is 4.90 Å². The topological polar surface area (TPSA) is 101 Å². The molecule has 0 radical (unpaired) electrons. The molecule has 0 bridgehead atoms. The van der Waals surface area contributed by atoms with Crippen molar-refractivity contribution in [3.8, 4) is 0 Å². The molecule has 278 valence electrons. The van der Waals surface area contributed by atoms with Crippen LogP contribution in [-0.4, -0.2) is 69.6 Å². The number of benzene rings is 5. The molecule has 5 unspecified atom stereocenters. The molecule has 1 aliphatic heterocycles. The Morgan fingerprint density at radius 1 is 0.491 bits per heavy atom. The molecule has 1 saturated heterocycles. The van der Waals surface area contributed by atoms with Gasteiger partial charge in [-0.1, -0.05) is 152 Å². The van der Waals surface area contributed by atoms with Crippen LogP contribution in [0.2, 0.25) is 0 Å². The van der Waals surface area contributed by atoms with Crippen molar-refractivity contribution in [2.45, 2.75) is 82.0 Å². The lowest BCUT2D eigenvalue weighted by Crippen LogP contribution is -2.74. The quantitative estimate of drug-likeness (QED) is 0.0816. The fourth-order valence-corrected chi connectivity index (χ4v) is 7.14. The van der Waals surface area contributed by atoms with Gasteiger partial charge in [0.2, 0.25) is 0 Å². The molecule has 8 nitrogen and oxygen atoms in total. The zero-order valence-electron chi connectivity index (χ0n) is 30.1. The average Bonchev–Trinajstić information content (AvgIpc) is 3.20. The van der Waals surface area contributed by atoms with Gasteiger partial charge in [0, 0.05) is 19.6 Å². The molecule has 5 aromatic carbocycles. The molecule has 0 aliphatic carbocycles. The SMILES string of the molecule is OCCCC(O)(O)C1C(OCc2ccccc2)C(OCc2ccccc2)C(OCc2ccccc2)C(COCc2ccccc2)N1Cc1ccccc1. The summed E-state index contributed by atoms with van der Waals surface area (Å²) in [6.07, 6.45) is -2.14. The summed E-state index contributed by atoms with van der Waals surface area (Å²) in [5.74, 6) is -2.28. The first-order valence-electron chi connectivity index (χ1n) is 18.5. The molecule has 5 aromatic rings. The van der Waals surface area contributed by atoms with Crippen LogP contribution in [0.3, 0.4) is 0 Å². The second kappa shape index (κ2) is 19.7. The number of aliphatic hydroxyl groups is 3. The lowest BCUT2D eigenvalue weighted by atomic mass is 9.81. The average molecular weight is 718 g/mol. The molecular formula is C45H51NO7. The third-order valence-corrected chi connectivity index (χ3v) is 9.76. The summed E-state index contributed by atoms with van der Waals surface area (Å²) >= 11 is 0. The fourth-order valence-electron chi connectivity index (χ4n) is 7.14. The summed E-state index contributed by atoms with van der Waals surface area (Å²) in [6, 6.07) is 48.2. The van der Waals surface area contributed by atoms with E-state index in [0.29, 0.717) is 19.8 Å². The second-order valence-corrected chi connectivity index (χ2v) is 13.7. The predicted molar refractivity (Wildman–Crippen MR) is 204 cm³/mol. The van der Waals surface area contributed by atoms with Crippen LogP contribution >= 0.6 is 0 Å². The van der Waals surface area contributed by atoms with Gasteiger partial charge >= 0.3 is 0 Å². The lowest BCUT2D eigenvalue weighted by molar-refractivity contribution is -0.301. The summed E-state index contributed by atoms with van der Waals surface area (Å²) in [4.78, 5) is 2.07. The zero-order valence-corrected chi connectivity index (χ0v) is 30.1. The third-order valence-electron chi connectivity index (χ3n) is 9.76. The molecule has 1 aliphatic rings. The number of ether oxygens (including phenoxy) is 4. The smallest absolute Gasteiger partial charge is 0.181 e. The van der Waals surface area contributed by atoms with Gasteiger partial charge in [-0.2, -0.15) is 0 Å². The van der Waals surface area contributed by atoms with E-state index in [1.807, 2.05) is 152 Å². The molecule has 0 spiro atoms. The van der Waals surface area contributed by atoms with E-state index in [4.69, 9.17) is 18.9 Å². The highest BCUT2D eigenvalue weighted by molar-refractivity contribution is 5.20. The standard InChI is InChI=1S/C45H51NO7/c47-28-16-27-45(48,49)44-43(53-33-39-25-14-5-15-26-39)42(52-32-38-23-12-4-13-24-38)41(51-31-37-21-10-3-11-22-37)40(34-50-30-36-19-8-2-9-20-36)46(44)29-35-17-6-1-7-18-35/h1-15,17-26,40-44,47-49H,16,27-34H2. The van der Waals surface area contributed by atoms with Crippen molar-refractivity contribution in [2.24, 2.45) is 0 Å². The summed E-state index contributed by atoms with van der Waals surface area (Å²) < 4.78 is 27.2. The van der Waals surface area contributed by atoms with Crippen LogP contribution in [0.1, 0.15) is 40.7 Å². The second-order valence-electron chi connectivity index (χ2n) is 13.7. The van der Waals surface area contributed by atoms with Crippen LogP contribution in [0.25, 0.3) is 0 Å². The lowest BCUT2D eigenvalue weighted by Gasteiger charge is -2.56. The molecule has 1 fully saturated rings. The summed E-state index contributed by atoms with van der Waals surface area (Å²) in [7, 11) is 0. The van der Waals surface area contributed by atoms with Gasteiger partial charge in [0.15, 0.2) is 5.79 Å². The van der Waals surface area contributed by atoms with Crippen LogP contribution < -0.4 is 0 Å². The van der Waals surface area contributed by atoms with Crippen LogP contribution in [0.4, 0.5) is 0 Å². The molecule has 3 N–H and O–H groups in total. The minimum Gasteiger partial charge on any atom is -0.396 e. The third kappa shape index (κ3) is 10.9. The number of piperidine rings is 1. The largest absolute Gasteiger partial charge is 0.396 e. The van der Waals surface area contributed by atoms with Crippen molar-refractivity contribution in [1.82, 2.24) is 4.90 Å². The summed E-state index contributed by atoms with van der Waals surface area (Å²) in [6.45, 7) is 1.51.